The van der Waals surface area contributed by atoms with Gasteiger partial charge in [-0.05, 0) is 6.92 Å². The number of carboxylic acids is 1. The van der Waals surface area contributed by atoms with Crippen LogP contribution in [-0.4, -0.2) is 37.1 Å². The van der Waals surface area contributed by atoms with Gasteiger partial charge in [0.1, 0.15) is 11.4 Å². The minimum atomic E-state index is -1.12. The predicted octanol–water partition coefficient (Wildman–Crippen LogP) is 1.69. The maximum atomic E-state index is 12.1. The standard InChI is InChI=1S/C13H17N5O3/c1-6-8(11(20)21)7(5-14-6)15-10(19)9-16-12(18-17-9)13(2,3)4/h5,14H,1-4H3,(H,15,19)(H,20,21)(H,16,17,18). The minimum Gasteiger partial charge on any atom is -0.478 e. The number of H-pyrrole nitrogens is 2. The number of anilines is 1. The largest absolute Gasteiger partial charge is 0.478 e. The van der Waals surface area contributed by atoms with Gasteiger partial charge < -0.3 is 15.4 Å². The molecule has 2 heterocycles. The Morgan fingerprint density at radius 2 is 2.00 bits per heavy atom. The van der Waals surface area contributed by atoms with E-state index >= 15 is 0 Å². The molecule has 2 aromatic heterocycles. The Labute approximate surface area is 121 Å². The van der Waals surface area contributed by atoms with Crippen molar-refractivity contribution in [3.8, 4) is 0 Å². The summed E-state index contributed by atoms with van der Waals surface area (Å²) in [6.45, 7) is 7.43. The number of amides is 1. The molecule has 0 aliphatic heterocycles. The molecular formula is C13H17N5O3. The molecule has 21 heavy (non-hydrogen) atoms. The lowest BCUT2D eigenvalue weighted by Crippen LogP contribution is -2.17. The van der Waals surface area contributed by atoms with Crippen molar-refractivity contribution in [3.05, 3.63) is 29.1 Å². The Bertz CT molecular complexity index is 693. The summed E-state index contributed by atoms with van der Waals surface area (Å²) in [7, 11) is 0. The molecule has 8 heteroatoms. The van der Waals surface area contributed by atoms with E-state index in [9.17, 15) is 9.59 Å². The quantitative estimate of drug-likeness (QED) is 0.685. The number of nitrogens with zero attached hydrogens (tertiary/aromatic N) is 2. The van der Waals surface area contributed by atoms with Gasteiger partial charge in [0.05, 0.1) is 5.69 Å². The zero-order chi connectivity index (χ0) is 15.8. The highest BCUT2D eigenvalue weighted by Gasteiger charge is 2.23. The molecule has 8 nitrogen and oxygen atoms in total. The Morgan fingerprint density at radius 3 is 2.52 bits per heavy atom. The number of aryl methyl sites for hydroxylation is 1. The molecule has 0 aliphatic carbocycles. The lowest BCUT2D eigenvalue weighted by Gasteiger charge is -2.12. The molecule has 0 bridgehead atoms. The van der Waals surface area contributed by atoms with Gasteiger partial charge in [-0.3, -0.25) is 9.89 Å². The van der Waals surface area contributed by atoms with Crippen molar-refractivity contribution < 1.29 is 14.7 Å². The maximum Gasteiger partial charge on any atom is 0.339 e. The highest BCUT2D eigenvalue weighted by Crippen LogP contribution is 2.20. The SMILES string of the molecule is Cc1[nH]cc(NC(=O)c2n[nH]c(C(C)(C)C)n2)c1C(=O)O. The molecule has 0 fully saturated rings. The van der Waals surface area contributed by atoms with Gasteiger partial charge in [-0.2, -0.15) is 0 Å². The first-order chi connectivity index (χ1) is 9.70. The summed E-state index contributed by atoms with van der Waals surface area (Å²) >= 11 is 0. The second-order valence-electron chi connectivity index (χ2n) is 5.72. The van der Waals surface area contributed by atoms with Gasteiger partial charge >= 0.3 is 5.97 Å². The van der Waals surface area contributed by atoms with Gasteiger partial charge in [0, 0.05) is 17.3 Å². The first kappa shape index (κ1) is 14.8. The van der Waals surface area contributed by atoms with Crippen molar-refractivity contribution >= 4 is 17.6 Å². The number of carbonyl (C=O) groups excluding carboxylic acids is 1. The Morgan fingerprint density at radius 1 is 1.33 bits per heavy atom. The Hall–Kier alpha value is -2.64. The minimum absolute atomic E-state index is 0.0231. The van der Waals surface area contributed by atoms with Crippen molar-refractivity contribution in [2.45, 2.75) is 33.1 Å². The fourth-order valence-electron chi connectivity index (χ4n) is 1.78. The van der Waals surface area contributed by atoms with Crippen LogP contribution in [-0.2, 0) is 5.41 Å². The molecule has 2 rings (SSSR count). The predicted molar refractivity (Wildman–Crippen MR) is 75.5 cm³/mol. The third-order valence-corrected chi connectivity index (χ3v) is 2.94. The molecule has 0 saturated carbocycles. The first-order valence-electron chi connectivity index (χ1n) is 6.35. The van der Waals surface area contributed by atoms with Gasteiger partial charge in [-0.25, -0.2) is 9.78 Å². The van der Waals surface area contributed by atoms with Crippen molar-refractivity contribution in [3.63, 3.8) is 0 Å². The lowest BCUT2D eigenvalue weighted by molar-refractivity contribution is 0.0697. The van der Waals surface area contributed by atoms with Crippen molar-refractivity contribution in [1.82, 2.24) is 20.2 Å². The zero-order valence-corrected chi connectivity index (χ0v) is 12.2. The number of aromatic nitrogens is 4. The molecule has 0 aromatic carbocycles. The van der Waals surface area contributed by atoms with E-state index < -0.39 is 11.9 Å². The van der Waals surface area contributed by atoms with Gasteiger partial charge in [-0.15, -0.1) is 5.10 Å². The normalized spacial score (nSPS) is 11.4. The summed E-state index contributed by atoms with van der Waals surface area (Å²) in [5.41, 5.74) is 0.410. The highest BCUT2D eigenvalue weighted by molar-refractivity contribution is 6.06. The van der Waals surface area contributed by atoms with Crippen LogP contribution < -0.4 is 5.32 Å². The molecule has 0 atom stereocenters. The Balaban J connectivity index is 2.23. The van der Waals surface area contributed by atoms with Crippen LogP contribution in [0.2, 0.25) is 0 Å². The van der Waals surface area contributed by atoms with Crippen LogP contribution >= 0.6 is 0 Å². The average molecular weight is 291 g/mol. The van der Waals surface area contributed by atoms with E-state index in [1.54, 1.807) is 6.92 Å². The van der Waals surface area contributed by atoms with Gasteiger partial charge in [0.15, 0.2) is 0 Å². The van der Waals surface area contributed by atoms with E-state index in [1.807, 2.05) is 20.8 Å². The second kappa shape index (κ2) is 5.04. The number of aromatic carboxylic acids is 1. The molecular weight excluding hydrogens is 274 g/mol. The van der Waals surface area contributed by atoms with Crippen molar-refractivity contribution in [1.29, 1.82) is 0 Å². The van der Waals surface area contributed by atoms with Crippen LogP contribution in [0.5, 0.6) is 0 Å². The molecule has 2 aromatic rings. The third-order valence-electron chi connectivity index (χ3n) is 2.94. The molecule has 112 valence electrons. The number of rotatable bonds is 3. The molecule has 1 amide bonds. The number of nitrogens with one attached hydrogen (secondary N) is 3. The number of hydrogen-bond acceptors (Lipinski definition) is 4. The van der Waals surface area contributed by atoms with E-state index in [4.69, 9.17) is 5.11 Å². The van der Waals surface area contributed by atoms with Gasteiger partial charge in [-0.1, -0.05) is 20.8 Å². The van der Waals surface area contributed by atoms with E-state index in [-0.39, 0.29) is 22.5 Å². The zero-order valence-electron chi connectivity index (χ0n) is 12.2. The van der Waals surface area contributed by atoms with Crippen LogP contribution in [0.15, 0.2) is 6.20 Å². The topological polar surface area (TPSA) is 124 Å². The summed E-state index contributed by atoms with van der Waals surface area (Å²) in [4.78, 5) is 30.1. The van der Waals surface area contributed by atoms with Crippen LogP contribution in [0.1, 0.15) is 53.3 Å². The molecule has 4 N–H and O–H groups in total. The van der Waals surface area contributed by atoms with Crippen LogP contribution in [0, 0.1) is 6.92 Å². The molecule has 0 radical (unpaired) electrons. The van der Waals surface area contributed by atoms with E-state index in [1.165, 1.54) is 6.20 Å². The fraction of sp³-hybridized carbons (Fsp3) is 0.385. The summed E-state index contributed by atoms with van der Waals surface area (Å²) < 4.78 is 0. The smallest absolute Gasteiger partial charge is 0.339 e. The van der Waals surface area contributed by atoms with E-state index in [0.29, 0.717) is 11.5 Å². The number of hydrogen-bond donors (Lipinski definition) is 4. The maximum absolute atomic E-state index is 12.1. The van der Waals surface area contributed by atoms with E-state index in [0.717, 1.165) is 0 Å². The van der Waals surface area contributed by atoms with Crippen LogP contribution in [0.25, 0.3) is 0 Å². The molecule has 0 spiro atoms. The van der Waals surface area contributed by atoms with Crippen molar-refractivity contribution in [2.75, 3.05) is 5.32 Å². The van der Waals surface area contributed by atoms with Crippen LogP contribution in [0.3, 0.4) is 0 Å². The number of carbonyl (C=O) groups is 2. The third kappa shape index (κ3) is 2.93. The van der Waals surface area contributed by atoms with E-state index in [2.05, 4.69) is 25.5 Å². The van der Waals surface area contributed by atoms with Gasteiger partial charge in [0.25, 0.3) is 5.91 Å². The fourth-order valence-corrected chi connectivity index (χ4v) is 1.78. The first-order valence-corrected chi connectivity index (χ1v) is 6.35. The van der Waals surface area contributed by atoms with Gasteiger partial charge in [0.2, 0.25) is 5.82 Å². The monoisotopic (exact) mass is 291 g/mol. The Kier molecular flexibility index (Phi) is 3.54. The van der Waals surface area contributed by atoms with Crippen LogP contribution in [0.4, 0.5) is 5.69 Å². The highest BCUT2D eigenvalue weighted by atomic mass is 16.4. The number of carboxylic acid groups (broad SMARTS) is 1. The summed E-state index contributed by atoms with van der Waals surface area (Å²) in [6.07, 6.45) is 1.42. The molecule has 0 unspecified atom stereocenters. The second-order valence-corrected chi connectivity index (χ2v) is 5.72. The molecule has 0 saturated heterocycles. The number of aromatic amines is 2. The molecule has 0 aliphatic rings. The average Bonchev–Trinajstić information content (AvgIpc) is 2.95. The summed E-state index contributed by atoms with van der Waals surface area (Å²) in [5.74, 6) is -1.14. The summed E-state index contributed by atoms with van der Waals surface area (Å²) in [5, 5.41) is 18.2. The van der Waals surface area contributed by atoms with Crippen molar-refractivity contribution in [2.24, 2.45) is 0 Å². The summed E-state index contributed by atoms with van der Waals surface area (Å²) in [6, 6.07) is 0. The lowest BCUT2D eigenvalue weighted by atomic mass is 9.96.